The Hall–Kier alpha value is -5.20. The Morgan fingerprint density at radius 3 is 2.13 bits per heavy atom. The van der Waals surface area contributed by atoms with E-state index in [1.807, 2.05) is 0 Å². The van der Waals surface area contributed by atoms with E-state index >= 15 is 0 Å². The van der Waals surface area contributed by atoms with Gasteiger partial charge in [0, 0.05) is 36.2 Å². The van der Waals surface area contributed by atoms with E-state index in [0.29, 0.717) is 0 Å². The Morgan fingerprint density at radius 1 is 0.895 bits per heavy atom. The van der Waals surface area contributed by atoms with E-state index in [1.165, 1.54) is 6.07 Å². The Bertz CT molecular complexity index is 1370. The van der Waals surface area contributed by atoms with Gasteiger partial charge in [0.15, 0.2) is 34.9 Å². The zero-order valence-electron chi connectivity index (χ0n) is 19.7. The zero-order chi connectivity index (χ0) is 27.7. The first-order chi connectivity index (χ1) is 18.0. The van der Waals surface area contributed by atoms with Crippen molar-refractivity contribution in [2.24, 2.45) is 0 Å². The number of rotatable bonds is 5. The minimum Gasteiger partial charge on any atom is -0.508 e. The highest BCUT2D eigenvalue weighted by atomic mass is 16.6. The average Bonchev–Trinajstić information content (AvgIpc) is 2.84. The molecule has 1 heterocycles. The predicted octanol–water partition coefficient (Wildman–Crippen LogP) is 2.64. The summed E-state index contributed by atoms with van der Waals surface area (Å²) >= 11 is 0. The number of phenolic OH excluding ortho intramolecular Hbond substituents is 7. The summed E-state index contributed by atoms with van der Waals surface area (Å²) in [4.78, 5) is 24.6. The van der Waals surface area contributed by atoms with Crippen molar-refractivity contribution in [3.05, 3.63) is 53.1 Å². The number of carbonyl (C=O) groups is 2. The molecule has 0 saturated carbocycles. The number of ether oxygens (including phenoxy) is 3. The molecule has 13 nitrogen and oxygen atoms in total. The number of carbonyl (C=O) groups excluding carboxylic acids is 2. The van der Waals surface area contributed by atoms with Crippen LogP contribution in [0.4, 0.5) is 4.79 Å². The standard InChI is InChI=1S/C25H23NO12/c1-2-26-25(35)38-23-17(31)5-11(6-18(23)32)24(34)37-20-9-13-14(28)7-12(27)8-19(13)36-22(20)10-3-15(29)21(33)16(30)4-10/h3-8,20,22,27-33H,2,9H2,1H3,(H,26,35)/t20-,22-/m1/s1. The number of nitrogens with one attached hydrogen (secondary N) is 1. The molecule has 2 atom stereocenters. The van der Waals surface area contributed by atoms with Crippen LogP contribution in [0.2, 0.25) is 0 Å². The van der Waals surface area contributed by atoms with Gasteiger partial charge in [-0.15, -0.1) is 0 Å². The number of phenols is 7. The van der Waals surface area contributed by atoms with Gasteiger partial charge in [-0.1, -0.05) is 0 Å². The number of fused-ring (bicyclic) bond motifs is 1. The van der Waals surface area contributed by atoms with Crippen molar-refractivity contribution in [2.45, 2.75) is 25.6 Å². The number of hydrogen-bond donors (Lipinski definition) is 8. The van der Waals surface area contributed by atoms with Gasteiger partial charge in [-0.3, -0.25) is 0 Å². The normalized spacial score (nSPS) is 16.1. The monoisotopic (exact) mass is 529 g/mol. The van der Waals surface area contributed by atoms with Gasteiger partial charge in [0.05, 0.1) is 5.56 Å². The summed E-state index contributed by atoms with van der Waals surface area (Å²) < 4.78 is 16.2. The first kappa shape index (κ1) is 25.9. The van der Waals surface area contributed by atoms with Crippen LogP contribution in [0.5, 0.6) is 51.7 Å². The van der Waals surface area contributed by atoms with E-state index in [-0.39, 0.29) is 46.9 Å². The molecule has 1 aliphatic rings. The maximum absolute atomic E-state index is 13.0. The summed E-state index contributed by atoms with van der Waals surface area (Å²) in [5, 5.41) is 72.5. The van der Waals surface area contributed by atoms with Gasteiger partial charge < -0.3 is 55.3 Å². The van der Waals surface area contributed by atoms with E-state index in [2.05, 4.69) is 5.32 Å². The molecule has 1 amide bonds. The maximum atomic E-state index is 13.0. The first-order valence-electron chi connectivity index (χ1n) is 11.2. The molecule has 1 aliphatic heterocycles. The maximum Gasteiger partial charge on any atom is 0.412 e. The van der Waals surface area contributed by atoms with Crippen LogP contribution >= 0.6 is 0 Å². The summed E-state index contributed by atoms with van der Waals surface area (Å²) in [5.74, 6) is -5.88. The molecule has 0 aromatic heterocycles. The number of hydrogen-bond acceptors (Lipinski definition) is 12. The molecule has 200 valence electrons. The highest BCUT2D eigenvalue weighted by molar-refractivity contribution is 5.91. The molecule has 0 saturated heterocycles. The molecule has 0 spiro atoms. The molecule has 0 aliphatic carbocycles. The number of benzene rings is 3. The van der Waals surface area contributed by atoms with Crippen molar-refractivity contribution < 1.29 is 59.5 Å². The van der Waals surface area contributed by atoms with E-state index < -0.39 is 58.8 Å². The highest BCUT2D eigenvalue weighted by Gasteiger charge is 2.37. The summed E-state index contributed by atoms with van der Waals surface area (Å²) in [7, 11) is 0. The van der Waals surface area contributed by atoms with Crippen molar-refractivity contribution in [3.63, 3.8) is 0 Å². The van der Waals surface area contributed by atoms with E-state index in [4.69, 9.17) is 14.2 Å². The van der Waals surface area contributed by atoms with E-state index in [9.17, 15) is 45.3 Å². The summed E-state index contributed by atoms with van der Waals surface area (Å²) in [6.45, 7) is 1.86. The zero-order valence-corrected chi connectivity index (χ0v) is 19.7. The fourth-order valence-electron chi connectivity index (χ4n) is 3.92. The van der Waals surface area contributed by atoms with Crippen molar-refractivity contribution in [1.29, 1.82) is 0 Å². The van der Waals surface area contributed by atoms with Gasteiger partial charge >= 0.3 is 12.1 Å². The Kier molecular flexibility index (Phi) is 6.84. The molecular weight excluding hydrogens is 506 g/mol. The molecule has 13 heteroatoms. The predicted molar refractivity (Wildman–Crippen MR) is 127 cm³/mol. The van der Waals surface area contributed by atoms with Gasteiger partial charge in [0.25, 0.3) is 0 Å². The fourth-order valence-corrected chi connectivity index (χ4v) is 3.92. The first-order valence-corrected chi connectivity index (χ1v) is 11.2. The van der Waals surface area contributed by atoms with E-state index in [0.717, 1.165) is 30.3 Å². The van der Waals surface area contributed by atoms with E-state index in [1.54, 1.807) is 6.92 Å². The second kappa shape index (κ2) is 10.0. The van der Waals surface area contributed by atoms with Crippen LogP contribution < -0.4 is 14.8 Å². The molecule has 38 heavy (non-hydrogen) atoms. The van der Waals surface area contributed by atoms with Gasteiger partial charge in [-0.05, 0) is 31.2 Å². The van der Waals surface area contributed by atoms with Crippen molar-refractivity contribution >= 4 is 12.1 Å². The summed E-state index contributed by atoms with van der Waals surface area (Å²) in [6.07, 6.45) is -3.53. The van der Waals surface area contributed by atoms with Gasteiger partial charge in [0.1, 0.15) is 23.4 Å². The largest absolute Gasteiger partial charge is 0.508 e. The Balaban J connectivity index is 1.67. The van der Waals surface area contributed by atoms with Gasteiger partial charge in [-0.25, -0.2) is 9.59 Å². The third-order valence-electron chi connectivity index (χ3n) is 5.65. The Labute approximate surface area is 214 Å². The average molecular weight is 529 g/mol. The lowest BCUT2D eigenvalue weighted by Gasteiger charge is -2.34. The molecule has 3 aromatic rings. The molecule has 0 fully saturated rings. The fraction of sp³-hybridized carbons (Fsp3) is 0.200. The highest BCUT2D eigenvalue weighted by Crippen LogP contribution is 2.46. The smallest absolute Gasteiger partial charge is 0.412 e. The molecule has 0 unspecified atom stereocenters. The molecule has 0 radical (unpaired) electrons. The molecular formula is C25H23NO12. The van der Waals surface area contributed by atoms with Crippen molar-refractivity contribution in [2.75, 3.05) is 6.54 Å². The number of aromatic hydroxyl groups is 7. The molecule has 8 N–H and O–H groups in total. The van der Waals surface area contributed by atoms with Crippen LogP contribution in [-0.2, 0) is 11.2 Å². The minimum absolute atomic E-state index is 0.0361. The summed E-state index contributed by atoms with van der Waals surface area (Å²) in [6, 6.07) is 6.21. The third-order valence-corrected chi connectivity index (χ3v) is 5.65. The summed E-state index contributed by atoms with van der Waals surface area (Å²) in [5.41, 5.74) is -0.0833. The lowest BCUT2D eigenvalue weighted by atomic mass is 9.93. The quantitative estimate of drug-likeness (QED) is 0.177. The molecule has 3 aromatic carbocycles. The lowest BCUT2D eigenvalue weighted by Crippen LogP contribution is -2.34. The van der Waals surface area contributed by atoms with Crippen LogP contribution in [0.15, 0.2) is 36.4 Å². The molecule has 0 bridgehead atoms. The second-order valence-electron chi connectivity index (χ2n) is 8.30. The van der Waals surface area contributed by atoms with Crippen LogP contribution in [0.1, 0.15) is 34.5 Å². The Morgan fingerprint density at radius 2 is 1.53 bits per heavy atom. The van der Waals surface area contributed by atoms with Crippen LogP contribution in [0, 0.1) is 0 Å². The lowest BCUT2D eigenvalue weighted by molar-refractivity contribution is -0.0189. The minimum atomic E-state index is -1.22. The third kappa shape index (κ3) is 5.02. The van der Waals surface area contributed by atoms with Gasteiger partial charge in [0.2, 0.25) is 5.75 Å². The second-order valence-corrected chi connectivity index (χ2v) is 8.30. The topological polar surface area (TPSA) is 215 Å². The molecule has 4 rings (SSSR count). The SMILES string of the molecule is CCNC(=O)Oc1c(O)cc(C(=O)O[C@@H]2Cc3c(O)cc(O)cc3O[C@@H]2c2cc(O)c(O)c(O)c2)cc1O. The van der Waals surface area contributed by atoms with Gasteiger partial charge in [-0.2, -0.15) is 0 Å². The number of esters is 1. The van der Waals surface area contributed by atoms with Crippen molar-refractivity contribution in [1.82, 2.24) is 5.32 Å². The van der Waals surface area contributed by atoms with Crippen LogP contribution in [-0.4, -0.2) is 60.5 Å². The van der Waals surface area contributed by atoms with Crippen LogP contribution in [0.3, 0.4) is 0 Å². The van der Waals surface area contributed by atoms with Crippen molar-refractivity contribution in [3.8, 4) is 51.7 Å². The number of amides is 1. The van der Waals surface area contributed by atoms with Crippen LogP contribution in [0.25, 0.3) is 0 Å².